The van der Waals surface area contributed by atoms with Crippen LogP contribution in [0.1, 0.15) is 12.6 Å². The monoisotopic (exact) mass is 538 g/mol. The topological polar surface area (TPSA) is 67.8 Å². The first-order chi connectivity index (χ1) is 14.2. The van der Waals surface area contributed by atoms with E-state index in [4.69, 9.17) is 14.5 Å². The number of ether oxygens (including phenoxy) is 2. The minimum absolute atomic E-state index is 0. The van der Waals surface area contributed by atoms with Crippen molar-refractivity contribution >= 4 is 47.0 Å². The summed E-state index contributed by atoms with van der Waals surface area (Å²) in [6.45, 7) is 3.27. The lowest BCUT2D eigenvalue weighted by molar-refractivity contribution is 0.311. The molecule has 0 unspecified atom stereocenters. The number of methoxy groups -OCH3 is 1. The molecule has 2 aromatic carbocycles. The largest absolute Gasteiger partial charge is 0.493 e. The molecule has 0 spiro atoms. The molecule has 1 heterocycles. The Bertz CT molecular complexity index is 947. The van der Waals surface area contributed by atoms with Crippen LogP contribution in [0.3, 0.4) is 0 Å². The van der Waals surface area contributed by atoms with Crippen LogP contribution in [0.15, 0.2) is 58.9 Å². The Morgan fingerprint density at radius 3 is 2.63 bits per heavy atom. The third kappa shape index (κ3) is 6.60. The van der Waals surface area contributed by atoms with Gasteiger partial charge in [0.25, 0.3) is 0 Å². The maximum atomic E-state index is 5.56. The van der Waals surface area contributed by atoms with E-state index in [9.17, 15) is 0 Å². The van der Waals surface area contributed by atoms with Gasteiger partial charge in [-0.1, -0.05) is 30.3 Å². The lowest BCUT2D eigenvalue weighted by Gasteiger charge is -2.14. The first kappa shape index (κ1) is 23.9. The number of hydrogen-bond donors (Lipinski definition) is 2. The number of nitrogens with zero attached hydrogens (tertiary/aromatic N) is 2. The zero-order chi connectivity index (χ0) is 20.5. The third-order valence-corrected chi connectivity index (χ3v) is 5.14. The summed E-state index contributed by atoms with van der Waals surface area (Å²) < 4.78 is 11.0. The van der Waals surface area contributed by atoms with Gasteiger partial charge in [-0.15, -0.1) is 35.3 Å². The van der Waals surface area contributed by atoms with Crippen LogP contribution in [0.5, 0.6) is 11.5 Å². The normalized spacial score (nSPS) is 10.8. The molecule has 0 aliphatic carbocycles. The van der Waals surface area contributed by atoms with Crippen molar-refractivity contribution in [1.82, 2.24) is 10.3 Å². The van der Waals surface area contributed by atoms with Crippen molar-refractivity contribution in [2.75, 3.05) is 32.6 Å². The van der Waals surface area contributed by atoms with E-state index >= 15 is 0 Å². The molecule has 0 saturated carbocycles. The summed E-state index contributed by atoms with van der Waals surface area (Å²) in [5, 5.41) is 9.75. The molecule has 1 aromatic heterocycles. The number of anilines is 1. The second-order valence-corrected chi connectivity index (χ2v) is 7.04. The van der Waals surface area contributed by atoms with Gasteiger partial charge in [-0.2, -0.15) is 0 Å². The highest BCUT2D eigenvalue weighted by Crippen LogP contribution is 2.30. The number of nitrogens with one attached hydrogen (secondary N) is 2. The second-order valence-electron chi connectivity index (χ2n) is 6.18. The molecule has 6 nitrogen and oxygen atoms in total. The van der Waals surface area contributed by atoms with Crippen LogP contribution >= 0.6 is 35.3 Å². The number of guanidine groups is 1. The number of aliphatic imine (C=N–C) groups is 1. The molecule has 0 amide bonds. The van der Waals surface area contributed by atoms with Gasteiger partial charge in [0.1, 0.15) is 5.01 Å². The van der Waals surface area contributed by atoms with Gasteiger partial charge in [0.15, 0.2) is 17.5 Å². The molecular formula is C22H27IN4O2S. The quantitative estimate of drug-likeness (QED) is 0.238. The lowest BCUT2D eigenvalue weighted by Crippen LogP contribution is -2.32. The van der Waals surface area contributed by atoms with Crippen molar-refractivity contribution in [2.24, 2.45) is 4.99 Å². The molecule has 0 radical (unpaired) electrons. The number of halogens is 1. The minimum Gasteiger partial charge on any atom is -0.493 e. The predicted octanol–water partition coefficient (Wildman–Crippen LogP) is 5.07. The van der Waals surface area contributed by atoms with E-state index in [2.05, 4.69) is 33.1 Å². The van der Waals surface area contributed by atoms with E-state index in [1.54, 1.807) is 25.5 Å². The van der Waals surface area contributed by atoms with E-state index in [1.807, 2.05) is 43.3 Å². The zero-order valence-corrected chi connectivity index (χ0v) is 20.5. The van der Waals surface area contributed by atoms with Crippen molar-refractivity contribution in [2.45, 2.75) is 13.3 Å². The fraction of sp³-hybridized carbons (Fsp3) is 0.273. The Hall–Kier alpha value is -2.33. The van der Waals surface area contributed by atoms with Crippen molar-refractivity contribution in [3.63, 3.8) is 0 Å². The van der Waals surface area contributed by atoms with Gasteiger partial charge in [-0.25, -0.2) is 4.98 Å². The van der Waals surface area contributed by atoms with E-state index in [0.717, 1.165) is 40.7 Å². The fourth-order valence-electron chi connectivity index (χ4n) is 2.78. The van der Waals surface area contributed by atoms with Gasteiger partial charge in [-0.3, -0.25) is 4.99 Å². The van der Waals surface area contributed by atoms with E-state index in [-0.39, 0.29) is 24.0 Å². The SMILES string of the molecule is CCOc1ccc(NC(=NC)NCCc2csc(-c3ccccc3)n2)cc1OC.I. The molecule has 3 rings (SSSR count). The average Bonchev–Trinajstić information content (AvgIpc) is 3.23. The molecule has 0 saturated heterocycles. The van der Waals surface area contributed by atoms with Crippen LogP contribution in [0.2, 0.25) is 0 Å². The van der Waals surface area contributed by atoms with Crippen LogP contribution < -0.4 is 20.1 Å². The van der Waals surface area contributed by atoms with Crippen LogP contribution in [-0.2, 0) is 6.42 Å². The lowest BCUT2D eigenvalue weighted by atomic mass is 10.2. The highest BCUT2D eigenvalue weighted by atomic mass is 127. The van der Waals surface area contributed by atoms with Gasteiger partial charge in [0.2, 0.25) is 0 Å². The van der Waals surface area contributed by atoms with Gasteiger partial charge >= 0.3 is 0 Å². The second kappa shape index (κ2) is 12.4. The fourth-order valence-corrected chi connectivity index (χ4v) is 3.64. The predicted molar refractivity (Wildman–Crippen MR) is 136 cm³/mol. The van der Waals surface area contributed by atoms with Crippen molar-refractivity contribution in [3.05, 3.63) is 59.6 Å². The zero-order valence-electron chi connectivity index (χ0n) is 17.3. The summed E-state index contributed by atoms with van der Waals surface area (Å²) in [5.74, 6) is 2.10. The molecule has 160 valence electrons. The minimum atomic E-state index is 0. The molecule has 0 fully saturated rings. The summed E-state index contributed by atoms with van der Waals surface area (Å²) in [4.78, 5) is 9.01. The van der Waals surface area contributed by atoms with Gasteiger partial charge in [-0.05, 0) is 19.1 Å². The van der Waals surface area contributed by atoms with Crippen molar-refractivity contribution in [1.29, 1.82) is 0 Å². The first-order valence-electron chi connectivity index (χ1n) is 9.51. The maximum Gasteiger partial charge on any atom is 0.195 e. The maximum absolute atomic E-state index is 5.56. The van der Waals surface area contributed by atoms with E-state index in [1.165, 1.54) is 0 Å². The number of benzene rings is 2. The van der Waals surface area contributed by atoms with Crippen LogP contribution in [0.25, 0.3) is 10.6 Å². The first-order valence-corrected chi connectivity index (χ1v) is 10.4. The molecule has 8 heteroatoms. The summed E-state index contributed by atoms with van der Waals surface area (Å²) >= 11 is 1.67. The molecule has 30 heavy (non-hydrogen) atoms. The standard InChI is InChI=1S/C22H26N4O2S.HI/c1-4-28-19-11-10-17(14-20(19)27-3)26-22(23-2)24-13-12-18-15-29-21(25-18)16-8-6-5-7-9-16;/h5-11,14-15H,4,12-13H2,1-3H3,(H2,23,24,26);1H. The highest BCUT2D eigenvalue weighted by molar-refractivity contribution is 14.0. The summed E-state index contributed by atoms with van der Waals surface area (Å²) in [6.07, 6.45) is 0.816. The summed E-state index contributed by atoms with van der Waals surface area (Å²) in [5.41, 5.74) is 3.09. The smallest absolute Gasteiger partial charge is 0.195 e. The molecule has 0 aliphatic heterocycles. The molecule has 0 aliphatic rings. The molecule has 3 aromatic rings. The van der Waals surface area contributed by atoms with Crippen LogP contribution in [-0.4, -0.2) is 38.3 Å². The van der Waals surface area contributed by atoms with Gasteiger partial charge < -0.3 is 20.1 Å². The van der Waals surface area contributed by atoms with Gasteiger partial charge in [0, 0.05) is 42.7 Å². The van der Waals surface area contributed by atoms with Crippen LogP contribution in [0, 0.1) is 0 Å². The Morgan fingerprint density at radius 2 is 1.93 bits per heavy atom. The summed E-state index contributed by atoms with van der Waals surface area (Å²) in [7, 11) is 3.38. The molecule has 0 atom stereocenters. The number of aromatic nitrogens is 1. The van der Waals surface area contributed by atoms with Crippen LogP contribution in [0.4, 0.5) is 5.69 Å². The van der Waals surface area contributed by atoms with Gasteiger partial charge in [0.05, 0.1) is 19.4 Å². The van der Waals surface area contributed by atoms with Crippen molar-refractivity contribution in [3.8, 4) is 22.1 Å². The average molecular weight is 538 g/mol. The Balaban J connectivity index is 0.00000320. The van der Waals surface area contributed by atoms with Crippen molar-refractivity contribution < 1.29 is 9.47 Å². The summed E-state index contributed by atoms with van der Waals surface area (Å²) in [6, 6.07) is 16.0. The van der Waals surface area contributed by atoms with E-state index in [0.29, 0.717) is 18.3 Å². The van der Waals surface area contributed by atoms with E-state index < -0.39 is 0 Å². The number of rotatable bonds is 8. The number of thiazole rings is 1. The molecular weight excluding hydrogens is 511 g/mol. The Morgan fingerprint density at radius 1 is 1.13 bits per heavy atom. The Labute approximate surface area is 198 Å². The number of hydrogen-bond acceptors (Lipinski definition) is 5. The Kier molecular flexibility index (Phi) is 9.88. The third-order valence-electron chi connectivity index (χ3n) is 4.20. The highest BCUT2D eigenvalue weighted by Gasteiger charge is 2.08. The molecule has 0 bridgehead atoms. The molecule has 2 N–H and O–H groups in total.